The molecular weight excluding hydrogens is 412 g/mol. The van der Waals surface area contributed by atoms with Gasteiger partial charge in [-0.1, -0.05) is 35.9 Å². The highest BCUT2D eigenvalue weighted by Gasteiger charge is 2.34. The molecular formula is C24H32N2O4S. The van der Waals surface area contributed by atoms with E-state index in [9.17, 15) is 13.2 Å². The van der Waals surface area contributed by atoms with Gasteiger partial charge in [-0.15, -0.1) is 0 Å². The van der Waals surface area contributed by atoms with Crippen molar-refractivity contribution >= 4 is 21.6 Å². The maximum absolute atomic E-state index is 12.7. The van der Waals surface area contributed by atoms with E-state index < -0.39 is 10.0 Å². The van der Waals surface area contributed by atoms with E-state index >= 15 is 0 Å². The van der Waals surface area contributed by atoms with Crippen molar-refractivity contribution in [2.45, 2.75) is 58.6 Å². The third-order valence-corrected chi connectivity index (χ3v) is 6.69. The number of amides is 1. The molecule has 1 atom stereocenters. The normalized spacial score (nSPS) is 17.4. The number of ether oxygens (including phenoxy) is 1. The van der Waals surface area contributed by atoms with Crippen LogP contribution in [0.15, 0.2) is 42.5 Å². The molecule has 0 spiro atoms. The van der Waals surface area contributed by atoms with Crippen LogP contribution in [0.1, 0.15) is 55.8 Å². The van der Waals surface area contributed by atoms with Crippen molar-refractivity contribution in [2.24, 2.45) is 0 Å². The molecule has 7 heteroatoms. The maximum Gasteiger partial charge on any atom is 0.232 e. The van der Waals surface area contributed by atoms with Gasteiger partial charge in [-0.05, 0) is 51.8 Å². The lowest BCUT2D eigenvalue weighted by Gasteiger charge is -2.38. The van der Waals surface area contributed by atoms with Crippen molar-refractivity contribution in [3.63, 3.8) is 0 Å². The minimum Gasteiger partial charge on any atom is -0.487 e. The van der Waals surface area contributed by atoms with Crippen LogP contribution in [0.3, 0.4) is 0 Å². The quantitative estimate of drug-likeness (QED) is 0.692. The molecule has 6 nitrogen and oxygen atoms in total. The fourth-order valence-corrected chi connectivity index (χ4v) is 5.08. The van der Waals surface area contributed by atoms with Gasteiger partial charge in [-0.25, -0.2) is 8.42 Å². The monoisotopic (exact) mass is 444 g/mol. The van der Waals surface area contributed by atoms with Crippen LogP contribution in [0.4, 0.5) is 5.69 Å². The van der Waals surface area contributed by atoms with Crippen LogP contribution in [0.2, 0.25) is 0 Å². The van der Waals surface area contributed by atoms with Gasteiger partial charge in [0.15, 0.2) is 0 Å². The Morgan fingerprint density at radius 2 is 1.90 bits per heavy atom. The number of carbonyl (C=O) groups is 1. The van der Waals surface area contributed by atoms with Crippen LogP contribution >= 0.6 is 0 Å². The van der Waals surface area contributed by atoms with Gasteiger partial charge in [0.1, 0.15) is 11.4 Å². The van der Waals surface area contributed by atoms with Crippen molar-refractivity contribution in [1.29, 1.82) is 0 Å². The number of carbonyl (C=O) groups excluding carboxylic acids is 1. The van der Waals surface area contributed by atoms with Crippen LogP contribution in [-0.4, -0.2) is 32.7 Å². The maximum atomic E-state index is 12.7. The molecule has 168 valence electrons. The van der Waals surface area contributed by atoms with Crippen LogP contribution in [-0.2, 0) is 14.8 Å². The summed E-state index contributed by atoms with van der Waals surface area (Å²) in [6.07, 6.45) is 2.55. The molecule has 0 fully saturated rings. The van der Waals surface area contributed by atoms with Crippen molar-refractivity contribution in [3.05, 3.63) is 59.2 Å². The van der Waals surface area contributed by atoms with Crippen molar-refractivity contribution < 1.29 is 17.9 Å². The standard InChI is InChI=1S/C24H32N2O4S/c1-17-12-13-22-19(15-17)20(16-24(3,4)30-22)25-23(27)11-8-14-26(31(5,28)29)21-10-7-6-9-18(21)2/h6-7,9-10,12-13,15,20H,8,11,14,16H2,1-5H3,(H,25,27). The van der Waals surface area contributed by atoms with E-state index in [1.165, 1.54) is 10.6 Å². The molecule has 1 unspecified atom stereocenters. The van der Waals surface area contributed by atoms with Gasteiger partial charge in [0, 0.05) is 24.9 Å². The predicted octanol–water partition coefficient (Wildman–Crippen LogP) is 4.27. The van der Waals surface area contributed by atoms with E-state index in [4.69, 9.17) is 4.74 Å². The van der Waals surface area contributed by atoms with Gasteiger partial charge in [0.25, 0.3) is 0 Å². The second kappa shape index (κ2) is 8.91. The molecule has 1 amide bonds. The smallest absolute Gasteiger partial charge is 0.232 e. The zero-order valence-electron chi connectivity index (χ0n) is 18.9. The summed E-state index contributed by atoms with van der Waals surface area (Å²) < 4.78 is 32.1. The van der Waals surface area contributed by atoms with Crippen LogP contribution in [0, 0.1) is 13.8 Å². The SMILES string of the molecule is Cc1ccc2c(c1)C(NC(=O)CCCN(c1ccccc1C)S(C)(=O)=O)CC(C)(C)O2. The summed E-state index contributed by atoms with van der Waals surface area (Å²) in [4.78, 5) is 12.7. The van der Waals surface area contributed by atoms with Crippen LogP contribution in [0.5, 0.6) is 5.75 Å². The number of para-hydroxylation sites is 1. The number of rotatable bonds is 7. The summed E-state index contributed by atoms with van der Waals surface area (Å²) in [6, 6.07) is 13.3. The second-order valence-electron chi connectivity index (χ2n) is 8.95. The lowest BCUT2D eigenvalue weighted by molar-refractivity contribution is -0.122. The number of sulfonamides is 1. The molecule has 1 N–H and O–H groups in total. The lowest BCUT2D eigenvalue weighted by atomic mass is 9.89. The topological polar surface area (TPSA) is 75.7 Å². The Morgan fingerprint density at radius 3 is 2.58 bits per heavy atom. The van der Waals surface area contributed by atoms with Gasteiger partial charge in [0.05, 0.1) is 18.0 Å². The first kappa shape index (κ1) is 23.1. The Labute approximate surface area is 185 Å². The molecule has 0 aromatic heterocycles. The van der Waals surface area contributed by atoms with Crippen LogP contribution < -0.4 is 14.4 Å². The number of benzene rings is 2. The number of hydrogen-bond donors (Lipinski definition) is 1. The van der Waals surface area contributed by atoms with E-state index in [0.29, 0.717) is 18.5 Å². The Hall–Kier alpha value is -2.54. The Bertz CT molecular complexity index is 1060. The minimum atomic E-state index is -3.44. The molecule has 0 radical (unpaired) electrons. The summed E-state index contributed by atoms with van der Waals surface area (Å²) in [5, 5.41) is 3.13. The molecule has 0 aliphatic carbocycles. The van der Waals surface area contributed by atoms with Crippen molar-refractivity contribution in [3.8, 4) is 5.75 Å². The first-order chi connectivity index (χ1) is 14.5. The average Bonchev–Trinajstić information content (AvgIpc) is 2.65. The van der Waals surface area contributed by atoms with Crippen molar-refractivity contribution in [1.82, 2.24) is 5.32 Å². The van der Waals surface area contributed by atoms with Gasteiger partial charge < -0.3 is 10.1 Å². The average molecular weight is 445 g/mol. The highest BCUT2D eigenvalue weighted by atomic mass is 32.2. The van der Waals surface area contributed by atoms with Gasteiger partial charge in [0.2, 0.25) is 15.9 Å². The molecule has 0 bridgehead atoms. The molecule has 2 aromatic rings. The van der Waals surface area contributed by atoms with E-state index in [0.717, 1.165) is 22.4 Å². The predicted molar refractivity (Wildman–Crippen MR) is 124 cm³/mol. The molecule has 1 heterocycles. The second-order valence-corrected chi connectivity index (χ2v) is 10.9. The fourth-order valence-electron chi connectivity index (χ4n) is 4.06. The largest absolute Gasteiger partial charge is 0.487 e. The summed E-state index contributed by atoms with van der Waals surface area (Å²) in [5.74, 6) is 0.711. The zero-order chi connectivity index (χ0) is 22.8. The third-order valence-electron chi connectivity index (χ3n) is 5.51. The number of aryl methyl sites for hydroxylation is 2. The summed E-state index contributed by atoms with van der Waals surface area (Å²) in [6.45, 7) is 8.19. The number of nitrogens with one attached hydrogen (secondary N) is 1. The number of fused-ring (bicyclic) bond motifs is 1. The third kappa shape index (κ3) is 5.79. The molecule has 31 heavy (non-hydrogen) atoms. The summed E-state index contributed by atoms with van der Waals surface area (Å²) in [5.41, 5.74) is 3.27. The summed E-state index contributed by atoms with van der Waals surface area (Å²) >= 11 is 0. The molecule has 2 aromatic carbocycles. The number of hydrogen-bond acceptors (Lipinski definition) is 4. The Kier molecular flexibility index (Phi) is 6.65. The van der Waals surface area contributed by atoms with Gasteiger partial charge in [-0.3, -0.25) is 9.10 Å². The highest BCUT2D eigenvalue weighted by molar-refractivity contribution is 7.92. The molecule has 0 saturated carbocycles. The summed E-state index contributed by atoms with van der Waals surface area (Å²) in [7, 11) is -3.44. The zero-order valence-corrected chi connectivity index (χ0v) is 19.8. The molecule has 0 saturated heterocycles. The van der Waals surface area contributed by atoms with Crippen molar-refractivity contribution in [2.75, 3.05) is 17.1 Å². The molecule has 3 rings (SSSR count). The Morgan fingerprint density at radius 1 is 1.19 bits per heavy atom. The van der Waals surface area contributed by atoms with Gasteiger partial charge >= 0.3 is 0 Å². The minimum absolute atomic E-state index is 0.0895. The van der Waals surface area contributed by atoms with E-state index in [1.807, 2.05) is 58.0 Å². The lowest BCUT2D eigenvalue weighted by Crippen LogP contribution is -2.41. The van der Waals surface area contributed by atoms with E-state index in [2.05, 4.69) is 11.4 Å². The first-order valence-corrected chi connectivity index (χ1v) is 12.4. The first-order valence-electron chi connectivity index (χ1n) is 10.6. The van der Waals surface area contributed by atoms with Crippen LogP contribution in [0.25, 0.3) is 0 Å². The number of anilines is 1. The Balaban J connectivity index is 1.66. The van der Waals surface area contributed by atoms with Gasteiger partial charge in [-0.2, -0.15) is 0 Å². The van der Waals surface area contributed by atoms with E-state index in [-0.39, 0.29) is 30.5 Å². The number of nitrogens with zero attached hydrogens (tertiary/aromatic N) is 1. The molecule has 1 aliphatic heterocycles. The molecule has 1 aliphatic rings. The van der Waals surface area contributed by atoms with E-state index in [1.54, 1.807) is 6.07 Å². The fraction of sp³-hybridized carbons (Fsp3) is 0.458. The highest BCUT2D eigenvalue weighted by Crippen LogP contribution is 2.39.